The van der Waals surface area contributed by atoms with Gasteiger partial charge in [0.15, 0.2) is 0 Å². The molecule has 18 heavy (non-hydrogen) atoms. The maximum atomic E-state index is 6.19. The zero-order valence-electron chi connectivity index (χ0n) is 9.61. The fraction of sp³-hybridized carbons (Fsp3) is 0.333. The second kappa shape index (κ2) is 4.88. The van der Waals surface area contributed by atoms with Crippen LogP contribution in [0.4, 0.5) is 0 Å². The molecule has 1 aliphatic carbocycles. The first-order chi connectivity index (χ1) is 8.75. The molecular weight excluding hydrogens is 271 g/mol. The third-order valence-electron chi connectivity index (χ3n) is 2.93. The van der Waals surface area contributed by atoms with E-state index < -0.39 is 0 Å². The molecule has 3 rings (SSSR count). The molecule has 6 heteroatoms. The third kappa shape index (κ3) is 2.36. The van der Waals surface area contributed by atoms with Gasteiger partial charge in [-0.1, -0.05) is 34.5 Å². The number of aromatic nitrogens is 3. The minimum absolute atomic E-state index is 0.498. The van der Waals surface area contributed by atoms with Crippen molar-refractivity contribution in [2.75, 3.05) is 0 Å². The lowest BCUT2D eigenvalue weighted by Crippen LogP contribution is -2.18. The van der Waals surface area contributed by atoms with Gasteiger partial charge in [0.2, 0.25) is 0 Å². The van der Waals surface area contributed by atoms with E-state index in [1.807, 2.05) is 12.1 Å². The van der Waals surface area contributed by atoms with E-state index in [1.54, 1.807) is 16.9 Å². The van der Waals surface area contributed by atoms with Gasteiger partial charge < -0.3 is 5.32 Å². The summed E-state index contributed by atoms with van der Waals surface area (Å²) >= 11 is 12.2. The standard InChI is InChI=1S/C12H12Cl2N4/c13-10-2-1-3-11(12(10)14)18-9(7-16-17-18)6-15-8-4-5-8/h1-3,7-8,15H,4-6H2. The summed E-state index contributed by atoms with van der Waals surface area (Å²) in [6.45, 7) is 0.737. The van der Waals surface area contributed by atoms with Crippen molar-refractivity contribution in [3.63, 3.8) is 0 Å². The van der Waals surface area contributed by atoms with Crippen LogP contribution in [0.5, 0.6) is 0 Å². The second-order valence-corrected chi connectivity index (χ2v) is 5.15. The Hall–Kier alpha value is -1.10. The summed E-state index contributed by atoms with van der Waals surface area (Å²) in [6, 6.07) is 6.13. The van der Waals surface area contributed by atoms with Crippen molar-refractivity contribution in [3.05, 3.63) is 40.1 Å². The molecule has 1 N–H and O–H groups in total. The predicted molar refractivity (Wildman–Crippen MR) is 71.2 cm³/mol. The van der Waals surface area contributed by atoms with Crippen molar-refractivity contribution in [1.82, 2.24) is 20.3 Å². The van der Waals surface area contributed by atoms with Gasteiger partial charge in [-0.3, -0.25) is 0 Å². The summed E-state index contributed by atoms with van der Waals surface area (Å²) < 4.78 is 1.73. The van der Waals surface area contributed by atoms with Gasteiger partial charge in [0.1, 0.15) is 0 Å². The first-order valence-electron chi connectivity index (χ1n) is 5.83. The first kappa shape index (κ1) is 12.0. The third-order valence-corrected chi connectivity index (χ3v) is 3.74. The molecule has 0 unspecified atom stereocenters. The van der Waals surface area contributed by atoms with Crippen LogP contribution in [-0.4, -0.2) is 21.0 Å². The van der Waals surface area contributed by atoms with E-state index in [0.717, 1.165) is 17.9 Å². The predicted octanol–water partition coefficient (Wildman–Crippen LogP) is 2.83. The molecule has 0 saturated heterocycles. The number of nitrogens with one attached hydrogen (secondary N) is 1. The number of benzene rings is 1. The topological polar surface area (TPSA) is 42.7 Å². The Morgan fingerprint density at radius 2 is 2.17 bits per heavy atom. The van der Waals surface area contributed by atoms with Crippen molar-refractivity contribution in [1.29, 1.82) is 0 Å². The van der Waals surface area contributed by atoms with Gasteiger partial charge in [-0.25, -0.2) is 4.68 Å². The van der Waals surface area contributed by atoms with Crippen LogP contribution in [0.1, 0.15) is 18.5 Å². The molecule has 0 atom stereocenters. The van der Waals surface area contributed by atoms with Crippen LogP contribution in [0.2, 0.25) is 10.0 Å². The van der Waals surface area contributed by atoms with E-state index in [4.69, 9.17) is 23.2 Å². The normalized spacial score (nSPS) is 15.0. The Kier molecular flexibility index (Phi) is 3.24. The largest absolute Gasteiger partial charge is 0.308 e. The van der Waals surface area contributed by atoms with Gasteiger partial charge in [0, 0.05) is 12.6 Å². The van der Waals surface area contributed by atoms with Gasteiger partial charge >= 0.3 is 0 Å². The number of rotatable bonds is 4. The van der Waals surface area contributed by atoms with Crippen molar-refractivity contribution in [3.8, 4) is 5.69 Å². The summed E-state index contributed by atoms with van der Waals surface area (Å²) in [7, 11) is 0. The average Bonchev–Trinajstić information content (AvgIpc) is 3.08. The average molecular weight is 283 g/mol. The number of halogens is 2. The molecule has 0 radical (unpaired) electrons. The number of nitrogens with zero attached hydrogens (tertiary/aromatic N) is 3. The van der Waals surface area contributed by atoms with E-state index in [0.29, 0.717) is 16.1 Å². The maximum Gasteiger partial charge on any atom is 0.0868 e. The summed E-state index contributed by atoms with van der Waals surface area (Å²) in [5.41, 5.74) is 1.74. The van der Waals surface area contributed by atoms with Crippen LogP contribution in [0.3, 0.4) is 0 Å². The number of hydrogen-bond acceptors (Lipinski definition) is 3. The highest BCUT2D eigenvalue weighted by atomic mass is 35.5. The van der Waals surface area contributed by atoms with Crippen LogP contribution in [0.15, 0.2) is 24.4 Å². The minimum atomic E-state index is 0.498. The lowest BCUT2D eigenvalue weighted by Gasteiger charge is -2.09. The van der Waals surface area contributed by atoms with Crippen molar-refractivity contribution in [2.45, 2.75) is 25.4 Å². The second-order valence-electron chi connectivity index (χ2n) is 4.37. The molecule has 1 aliphatic rings. The summed E-state index contributed by atoms with van der Waals surface area (Å²) in [4.78, 5) is 0. The molecule has 1 aromatic carbocycles. The van der Waals surface area contributed by atoms with E-state index in [-0.39, 0.29) is 0 Å². The van der Waals surface area contributed by atoms with Crippen molar-refractivity contribution < 1.29 is 0 Å². The molecule has 0 spiro atoms. The highest BCUT2D eigenvalue weighted by molar-refractivity contribution is 6.43. The Morgan fingerprint density at radius 3 is 2.94 bits per heavy atom. The lowest BCUT2D eigenvalue weighted by atomic mass is 10.3. The molecule has 94 valence electrons. The summed E-state index contributed by atoms with van der Waals surface area (Å²) in [5, 5.41) is 12.5. The molecule has 1 aromatic heterocycles. The number of hydrogen-bond donors (Lipinski definition) is 1. The van der Waals surface area contributed by atoms with Gasteiger partial charge in [0.25, 0.3) is 0 Å². The SMILES string of the molecule is Clc1cccc(-n2nncc2CNC2CC2)c1Cl. The molecule has 1 saturated carbocycles. The molecule has 0 aliphatic heterocycles. The molecule has 0 bridgehead atoms. The van der Waals surface area contributed by atoms with Gasteiger partial charge in [0.05, 0.1) is 27.6 Å². The van der Waals surface area contributed by atoms with Crippen LogP contribution in [0, 0.1) is 0 Å². The van der Waals surface area contributed by atoms with Crippen LogP contribution >= 0.6 is 23.2 Å². The van der Waals surface area contributed by atoms with Gasteiger partial charge in [-0.15, -0.1) is 5.10 Å². The highest BCUT2D eigenvalue weighted by Crippen LogP contribution is 2.28. The van der Waals surface area contributed by atoms with E-state index in [9.17, 15) is 0 Å². The molecule has 4 nitrogen and oxygen atoms in total. The van der Waals surface area contributed by atoms with Crippen LogP contribution < -0.4 is 5.32 Å². The van der Waals surface area contributed by atoms with E-state index >= 15 is 0 Å². The first-order valence-corrected chi connectivity index (χ1v) is 6.58. The van der Waals surface area contributed by atoms with Gasteiger partial charge in [-0.05, 0) is 25.0 Å². The maximum absolute atomic E-state index is 6.19. The van der Waals surface area contributed by atoms with Gasteiger partial charge in [-0.2, -0.15) is 0 Å². The fourth-order valence-corrected chi connectivity index (χ4v) is 2.15. The van der Waals surface area contributed by atoms with Crippen LogP contribution in [-0.2, 0) is 6.54 Å². The molecule has 1 fully saturated rings. The highest BCUT2D eigenvalue weighted by Gasteiger charge is 2.21. The van der Waals surface area contributed by atoms with E-state index in [1.165, 1.54) is 12.8 Å². The zero-order chi connectivity index (χ0) is 12.5. The lowest BCUT2D eigenvalue weighted by molar-refractivity contribution is 0.647. The van der Waals surface area contributed by atoms with Crippen molar-refractivity contribution >= 4 is 23.2 Å². The summed E-state index contributed by atoms with van der Waals surface area (Å²) in [5.74, 6) is 0. The molecule has 2 aromatic rings. The fourth-order valence-electron chi connectivity index (χ4n) is 1.77. The molecular formula is C12H12Cl2N4. The monoisotopic (exact) mass is 282 g/mol. The zero-order valence-corrected chi connectivity index (χ0v) is 11.1. The Labute approximate surface area is 115 Å². The smallest absolute Gasteiger partial charge is 0.0868 e. The quantitative estimate of drug-likeness (QED) is 0.938. The van der Waals surface area contributed by atoms with Crippen LogP contribution in [0.25, 0.3) is 5.69 Å². The molecule has 0 amide bonds. The Balaban J connectivity index is 1.90. The Bertz CT molecular complexity index is 563. The minimum Gasteiger partial charge on any atom is -0.308 e. The van der Waals surface area contributed by atoms with E-state index in [2.05, 4.69) is 15.6 Å². The Morgan fingerprint density at radius 1 is 1.33 bits per heavy atom. The summed E-state index contributed by atoms with van der Waals surface area (Å²) in [6.07, 6.45) is 4.24. The van der Waals surface area contributed by atoms with Crippen molar-refractivity contribution in [2.24, 2.45) is 0 Å². The molecule has 1 heterocycles.